The minimum atomic E-state index is 0.174. The van der Waals surface area contributed by atoms with Crippen LogP contribution < -0.4 is 10.6 Å². The van der Waals surface area contributed by atoms with E-state index in [1.54, 1.807) is 0 Å². The van der Waals surface area contributed by atoms with Crippen LogP contribution >= 0.6 is 0 Å². The summed E-state index contributed by atoms with van der Waals surface area (Å²) in [6.07, 6.45) is 4.13. The quantitative estimate of drug-likeness (QED) is 0.877. The van der Waals surface area contributed by atoms with Gasteiger partial charge in [0.25, 0.3) is 0 Å². The van der Waals surface area contributed by atoms with E-state index in [2.05, 4.69) is 48.7 Å². The third-order valence-corrected chi connectivity index (χ3v) is 5.10. The van der Waals surface area contributed by atoms with Crippen molar-refractivity contribution < 1.29 is 4.79 Å². The summed E-state index contributed by atoms with van der Waals surface area (Å²) >= 11 is 0. The molecule has 3 nitrogen and oxygen atoms in total. The molecule has 1 heterocycles. The first-order chi connectivity index (χ1) is 10.1. The van der Waals surface area contributed by atoms with Gasteiger partial charge in [-0.2, -0.15) is 0 Å². The van der Waals surface area contributed by atoms with E-state index in [1.165, 1.54) is 11.1 Å². The first-order valence-electron chi connectivity index (χ1n) is 8.27. The highest BCUT2D eigenvalue weighted by Gasteiger charge is 2.29. The van der Waals surface area contributed by atoms with Gasteiger partial charge in [-0.3, -0.25) is 4.79 Å². The summed E-state index contributed by atoms with van der Waals surface area (Å²) in [7, 11) is 0. The zero-order valence-electron chi connectivity index (χ0n) is 13.1. The van der Waals surface area contributed by atoms with Crippen molar-refractivity contribution in [2.75, 3.05) is 6.54 Å². The number of nitrogens with one attached hydrogen (secondary N) is 2. The maximum atomic E-state index is 12.6. The second kappa shape index (κ2) is 6.18. The highest BCUT2D eigenvalue weighted by molar-refractivity contribution is 5.79. The van der Waals surface area contributed by atoms with Crippen molar-refractivity contribution >= 4 is 5.91 Å². The number of piperidine rings is 1. The Hall–Kier alpha value is -1.35. The topological polar surface area (TPSA) is 41.1 Å². The lowest BCUT2D eigenvalue weighted by Crippen LogP contribution is -2.43. The van der Waals surface area contributed by atoms with Crippen LogP contribution in [-0.2, 0) is 4.79 Å². The molecule has 0 spiro atoms. The van der Waals surface area contributed by atoms with E-state index in [0.29, 0.717) is 12.0 Å². The Labute approximate surface area is 127 Å². The SMILES string of the molecule is CC1CCC(NC(=O)[C@H]2CCN[C@@H](C)C2)c2ccccc21. The Morgan fingerprint density at radius 2 is 1.90 bits per heavy atom. The summed E-state index contributed by atoms with van der Waals surface area (Å²) in [5.41, 5.74) is 2.74. The summed E-state index contributed by atoms with van der Waals surface area (Å²) < 4.78 is 0. The number of hydrogen-bond donors (Lipinski definition) is 2. The minimum Gasteiger partial charge on any atom is -0.349 e. The lowest BCUT2D eigenvalue weighted by molar-refractivity contribution is -0.127. The molecule has 3 rings (SSSR count). The molecular weight excluding hydrogens is 260 g/mol. The molecule has 1 aliphatic heterocycles. The summed E-state index contributed by atoms with van der Waals surface area (Å²) in [4.78, 5) is 12.6. The van der Waals surface area contributed by atoms with E-state index < -0.39 is 0 Å². The number of rotatable bonds is 2. The molecule has 21 heavy (non-hydrogen) atoms. The van der Waals surface area contributed by atoms with Gasteiger partial charge in [0.2, 0.25) is 5.91 Å². The fraction of sp³-hybridized carbons (Fsp3) is 0.611. The Bertz CT molecular complexity index is 514. The largest absolute Gasteiger partial charge is 0.349 e. The van der Waals surface area contributed by atoms with Crippen LogP contribution in [0.2, 0.25) is 0 Å². The van der Waals surface area contributed by atoms with Crippen molar-refractivity contribution in [1.82, 2.24) is 10.6 Å². The van der Waals surface area contributed by atoms with E-state index >= 15 is 0 Å². The van der Waals surface area contributed by atoms with Crippen molar-refractivity contribution in [2.24, 2.45) is 5.92 Å². The monoisotopic (exact) mass is 286 g/mol. The molecule has 114 valence electrons. The number of carbonyl (C=O) groups is 1. The highest BCUT2D eigenvalue weighted by Crippen LogP contribution is 2.37. The van der Waals surface area contributed by atoms with Crippen LogP contribution in [0.4, 0.5) is 0 Å². The summed E-state index contributed by atoms with van der Waals surface area (Å²) in [5.74, 6) is 1.03. The average molecular weight is 286 g/mol. The number of fused-ring (bicyclic) bond motifs is 1. The molecule has 3 heteroatoms. The van der Waals surface area contributed by atoms with Gasteiger partial charge in [-0.15, -0.1) is 0 Å². The predicted molar refractivity (Wildman–Crippen MR) is 85.2 cm³/mol. The van der Waals surface area contributed by atoms with E-state index in [-0.39, 0.29) is 17.9 Å². The van der Waals surface area contributed by atoms with E-state index in [4.69, 9.17) is 0 Å². The molecule has 2 N–H and O–H groups in total. The normalized spacial score (nSPS) is 32.3. The van der Waals surface area contributed by atoms with E-state index in [9.17, 15) is 4.79 Å². The highest BCUT2D eigenvalue weighted by atomic mass is 16.1. The molecule has 1 aromatic carbocycles. The summed E-state index contributed by atoms with van der Waals surface area (Å²) in [6.45, 7) is 5.40. The molecule has 1 saturated heterocycles. The summed E-state index contributed by atoms with van der Waals surface area (Å²) in [6, 6.07) is 9.24. The third kappa shape index (κ3) is 3.13. The van der Waals surface area contributed by atoms with Crippen LogP contribution in [0.5, 0.6) is 0 Å². The van der Waals surface area contributed by atoms with Gasteiger partial charge in [0.05, 0.1) is 6.04 Å². The second-order valence-electron chi connectivity index (χ2n) is 6.74. The van der Waals surface area contributed by atoms with Crippen LogP contribution in [0.1, 0.15) is 62.6 Å². The van der Waals surface area contributed by atoms with Gasteiger partial charge >= 0.3 is 0 Å². The van der Waals surface area contributed by atoms with E-state index in [1.807, 2.05) is 0 Å². The molecule has 0 aromatic heterocycles. The zero-order valence-corrected chi connectivity index (χ0v) is 13.1. The number of benzene rings is 1. The number of hydrogen-bond acceptors (Lipinski definition) is 2. The predicted octanol–water partition coefficient (Wildman–Crippen LogP) is 3.13. The fourth-order valence-corrected chi connectivity index (χ4v) is 3.81. The van der Waals surface area contributed by atoms with Crippen molar-refractivity contribution in [3.63, 3.8) is 0 Å². The van der Waals surface area contributed by atoms with Crippen LogP contribution in [-0.4, -0.2) is 18.5 Å². The molecule has 1 aromatic rings. The molecule has 4 atom stereocenters. The zero-order chi connectivity index (χ0) is 14.8. The van der Waals surface area contributed by atoms with E-state index in [0.717, 1.165) is 32.2 Å². The average Bonchev–Trinajstić information content (AvgIpc) is 2.50. The van der Waals surface area contributed by atoms with Crippen molar-refractivity contribution in [3.8, 4) is 0 Å². The van der Waals surface area contributed by atoms with Gasteiger partial charge in [-0.25, -0.2) is 0 Å². The van der Waals surface area contributed by atoms with Crippen molar-refractivity contribution in [2.45, 2.75) is 57.5 Å². The van der Waals surface area contributed by atoms with Crippen molar-refractivity contribution in [1.29, 1.82) is 0 Å². The Kier molecular flexibility index (Phi) is 4.29. The Morgan fingerprint density at radius 3 is 2.67 bits per heavy atom. The van der Waals surface area contributed by atoms with Crippen molar-refractivity contribution in [3.05, 3.63) is 35.4 Å². The minimum absolute atomic E-state index is 0.174. The molecule has 0 radical (unpaired) electrons. The Morgan fingerprint density at radius 1 is 1.14 bits per heavy atom. The number of carbonyl (C=O) groups excluding carboxylic acids is 1. The molecule has 1 aliphatic carbocycles. The van der Waals surface area contributed by atoms with Gasteiger partial charge in [0.1, 0.15) is 0 Å². The molecule has 2 unspecified atom stereocenters. The van der Waals surface area contributed by atoms with Crippen LogP contribution in [0.3, 0.4) is 0 Å². The second-order valence-corrected chi connectivity index (χ2v) is 6.74. The molecule has 1 fully saturated rings. The molecule has 0 saturated carbocycles. The number of amides is 1. The first kappa shape index (κ1) is 14.6. The maximum Gasteiger partial charge on any atom is 0.223 e. The molecular formula is C18H26N2O. The van der Waals surface area contributed by atoms with Gasteiger partial charge < -0.3 is 10.6 Å². The van der Waals surface area contributed by atoms with Gasteiger partial charge in [0, 0.05) is 12.0 Å². The molecule has 1 amide bonds. The lowest BCUT2D eigenvalue weighted by Gasteiger charge is -2.33. The first-order valence-corrected chi connectivity index (χ1v) is 8.27. The smallest absolute Gasteiger partial charge is 0.223 e. The lowest BCUT2D eigenvalue weighted by atomic mass is 9.80. The Balaban J connectivity index is 1.71. The standard InChI is InChI=1S/C18H26N2O/c1-12-7-8-17(16-6-4-3-5-15(12)16)20-18(21)14-9-10-19-13(2)11-14/h3-6,12-14,17,19H,7-11H2,1-2H3,(H,20,21)/t12?,13-,14-,17?/m0/s1. The molecule has 0 bridgehead atoms. The van der Waals surface area contributed by atoms with Crippen LogP contribution in [0, 0.1) is 5.92 Å². The summed E-state index contributed by atoms with van der Waals surface area (Å²) in [5, 5.41) is 6.73. The maximum absolute atomic E-state index is 12.6. The fourth-order valence-electron chi connectivity index (χ4n) is 3.81. The molecule has 2 aliphatic rings. The van der Waals surface area contributed by atoms with Crippen LogP contribution in [0.25, 0.3) is 0 Å². The third-order valence-electron chi connectivity index (χ3n) is 5.10. The van der Waals surface area contributed by atoms with Crippen LogP contribution in [0.15, 0.2) is 24.3 Å². The van der Waals surface area contributed by atoms with Gasteiger partial charge in [-0.1, -0.05) is 31.2 Å². The van der Waals surface area contributed by atoms with Gasteiger partial charge in [-0.05, 0) is 56.2 Å². The van der Waals surface area contributed by atoms with Gasteiger partial charge in [0.15, 0.2) is 0 Å².